The van der Waals surface area contributed by atoms with Crippen LogP contribution in [0, 0.1) is 11.6 Å². The van der Waals surface area contributed by atoms with E-state index in [1.807, 2.05) is 13.8 Å². The first-order valence-electron chi connectivity index (χ1n) is 9.65. The molecule has 3 atom stereocenters. The maximum atomic E-state index is 14.3. The first kappa shape index (κ1) is 23.5. The zero-order valence-corrected chi connectivity index (χ0v) is 17.5. The fraction of sp³-hybridized carbons (Fsp3) is 0.455. The number of rotatable bonds is 5. The lowest BCUT2D eigenvalue weighted by atomic mass is 9.94. The highest BCUT2D eigenvalue weighted by molar-refractivity contribution is 6.31. The topological polar surface area (TPSA) is 58.9 Å². The second-order valence-corrected chi connectivity index (χ2v) is 7.06. The van der Waals surface area contributed by atoms with Crippen LogP contribution >= 0.6 is 11.6 Å². The van der Waals surface area contributed by atoms with Gasteiger partial charge in [0, 0.05) is 42.0 Å². The Morgan fingerprint density at radius 2 is 1.79 bits per heavy atom. The number of hydrogen-bond donors (Lipinski definition) is 2. The Bertz CT molecular complexity index is 792. The maximum absolute atomic E-state index is 14.3. The van der Waals surface area contributed by atoms with Gasteiger partial charge in [-0.15, -0.1) is 0 Å². The van der Waals surface area contributed by atoms with Crippen molar-refractivity contribution >= 4 is 11.6 Å². The van der Waals surface area contributed by atoms with E-state index in [0.29, 0.717) is 23.4 Å². The molecule has 1 saturated heterocycles. The summed E-state index contributed by atoms with van der Waals surface area (Å²) in [6.07, 6.45) is -0.746. The number of ether oxygens (including phenoxy) is 2. The molecule has 1 aliphatic heterocycles. The predicted octanol–water partition coefficient (Wildman–Crippen LogP) is 4.82. The van der Waals surface area contributed by atoms with Crippen molar-refractivity contribution in [1.29, 1.82) is 0 Å². The van der Waals surface area contributed by atoms with Gasteiger partial charge in [0.05, 0.1) is 32.0 Å². The lowest BCUT2D eigenvalue weighted by Gasteiger charge is -2.32. The van der Waals surface area contributed by atoms with Crippen molar-refractivity contribution in [2.75, 3.05) is 13.7 Å². The van der Waals surface area contributed by atoms with Crippen LogP contribution in [0.2, 0.25) is 5.02 Å². The average Bonchev–Trinajstić information content (AvgIpc) is 2.72. The van der Waals surface area contributed by atoms with Crippen molar-refractivity contribution in [3.63, 3.8) is 0 Å². The molecule has 0 spiro atoms. The van der Waals surface area contributed by atoms with E-state index >= 15 is 0 Å². The summed E-state index contributed by atoms with van der Waals surface area (Å²) in [6, 6.07) is 7.38. The van der Waals surface area contributed by atoms with Gasteiger partial charge in [0.2, 0.25) is 0 Å². The van der Waals surface area contributed by atoms with Crippen molar-refractivity contribution < 1.29 is 28.5 Å². The quantitative estimate of drug-likeness (QED) is 0.717. The molecule has 1 aliphatic rings. The van der Waals surface area contributed by atoms with Crippen LogP contribution in [0.5, 0.6) is 5.75 Å². The fourth-order valence-electron chi connectivity index (χ4n) is 3.31. The standard InChI is InChI=1S/C20H21ClF2O4.C2H6/c1-26-14-8-18(22)16(19(23)9-14)5-12-4-11(2-3-17(12)21)20-7-13(25)6-15(10-24)27-20;1-2/h2-4,8-9,13,15,20,24-25H,5-7,10H2,1H3;1-2H3. The van der Waals surface area contributed by atoms with Gasteiger partial charge in [0.1, 0.15) is 17.4 Å². The molecule has 0 amide bonds. The molecule has 4 nitrogen and oxygen atoms in total. The van der Waals surface area contributed by atoms with Gasteiger partial charge in [-0.25, -0.2) is 8.78 Å². The molecule has 0 aromatic heterocycles. The molecule has 1 heterocycles. The van der Waals surface area contributed by atoms with Crippen LogP contribution in [0.4, 0.5) is 8.78 Å². The summed E-state index contributed by atoms with van der Waals surface area (Å²) in [5.74, 6) is -1.32. The third-order valence-electron chi connectivity index (χ3n) is 4.74. The van der Waals surface area contributed by atoms with Crippen molar-refractivity contribution in [2.45, 2.75) is 51.4 Å². The molecule has 0 radical (unpaired) electrons. The van der Waals surface area contributed by atoms with Crippen LogP contribution in [0.1, 0.15) is 49.5 Å². The van der Waals surface area contributed by atoms with E-state index < -0.39 is 29.9 Å². The molecule has 0 bridgehead atoms. The minimum absolute atomic E-state index is 0.0347. The third-order valence-corrected chi connectivity index (χ3v) is 5.11. The molecule has 3 unspecified atom stereocenters. The maximum Gasteiger partial charge on any atom is 0.133 e. The Hall–Kier alpha value is -1.73. The number of methoxy groups -OCH3 is 1. The number of aliphatic hydroxyl groups excluding tert-OH is 2. The van der Waals surface area contributed by atoms with Gasteiger partial charge in [-0.05, 0) is 17.2 Å². The average molecular weight is 429 g/mol. The van der Waals surface area contributed by atoms with E-state index in [1.165, 1.54) is 7.11 Å². The van der Waals surface area contributed by atoms with Gasteiger partial charge in [-0.1, -0.05) is 37.6 Å². The number of benzene rings is 2. The van der Waals surface area contributed by atoms with Crippen molar-refractivity contribution in [3.8, 4) is 5.75 Å². The molecule has 0 saturated carbocycles. The highest BCUT2D eigenvalue weighted by Crippen LogP contribution is 2.34. The molecule has 1 fully saturated rings. The second-order valence-electron chi connectivity index (χ2n) is 6.65. The van der Waals surface area contributed by atoms with E-state index in [4.69, 9.17) is 21.1 Å². The third kappa shape index (κ3) is 5.89. The van der Waals surface area contributed by atoms with Crippen LogP contribution in [-0.2, 0) is 11.2 Å². The summed E-state index contributed by atoms with van der Waals surface area (Å²) in [7, 11) is 1.34. The summed E-state index contributed by atoms with van der Waals surface area (Å²) < 4.78 is 39.2. The summed E-state index contributed by atoms with van der Waals surface area (Å²) in [5.41, 5.74) is 1.18. The molecule has 7 heteroatoms. The largest absolute Gasteiger partial charge is 0.497 e. The highest BCUT2D eigenvalue weighted by atomic mass is 35.5. The fourth-order valence-corrected chi connectivity index (χ4v) is 3.49. The van der Waals surface area contributed by atoms with Gasteiger partial charge in [0.15, 0.2) is 0 Å². The molecule has 3 rings (SSSR count). The van der Waals surface area contributed by atoms with E-state index in [1.54, 1.807) is 18.2 Å². The van der Waals surface area contributed by atoms with Gasteiger partial charge >= 0.3 is 0 Å². The minimum Gasteiger partial charge on any atom is -0.497 e. The number of halogens is 3. The van der Waals surface area contributed by atoms with Gasteiger partial charge in [-0.2, -0.15) is 0 Å². The van der Waals surface area contributed by atoms with Crippen LogP contribution in [0.25, 0.3) is 0 Å². The Morgan fingerprint density at radius 1 is 1.14 bits per heavy atom. The molecule has 2 aromatic carbocycles. The Labute approximate surface area is 175 Å². The monoisotopic (exact) mass is 428 g/mol. The highest BCUT2D eigenvalue weighted by Gasteiger charge is 2.29. The van der Waals surface area contributed by atoms with E-state index in [0.717, 1.165) is 17.7 Å². The van der Waals surface area contributed by atoms with Crippen molar-refractivity contribution in [1.82, 2.24) is 0 Å². The zero-order chi connectivity index (χ0) is 21.6. The first-order valence-corrected chi connectivity index (χ1v) is 10.0. The number of aliphatic hydroxyl groups is 2. The Balaban J connectivity index is 0.00000145. The lowest BCUT2D eigenvalue weighted by Crippen LogP contribution is -2.33. The van der Waals surface area contributed by atoms with Crippen LogP contribution in [0.3, 0.4) is 0 Å². The first-order chi connectivity index (χ1) is 13.9. The van der Waals surface area contributed by atoms with Crippen LogP contribution < -0.4 is 4.74 Å². The van der Waals surface area contributed by atoms with Gasteiger partial charge < -0.3 is 19.7 Å². The normalized spacial score (nSPS) is 21.3. The molecule has 0 aliphatic carbocycles. The zero-order valence-electron chi connectivity index (χ0n) is 16.8. The second kappa shape index (κ2) is 10.9. The molecule has 29 heavy (non-hydrogen) atoms. The van der Waals surface area contributed by atoms with Crippen LogP contribution in [-0.4, -0.2) is 36.1 Å². The molecule has 2 N–H and O–H groups in total. The summed E-state index contributed by atoms with van der Waals surface area (Å²) in [5, 5.41) is 19.7. The molecule has 2 aromatic rings. The summed E-state index contributed by atoms with van der Waals surface area (Å²) >= 11 is 6.23. The van der Waals surface area contributed by atoms with E-state index in [2.05, 4.69) is 0 Å². The van der Waals surface area contributed by atoms with Gasteiger partial charge in [0.25, 0.3) is 0 Å². The van der Waals surface area contributed by atoms with Crippen LogP contribution in [0.15, 0.2) is 30.3 Å². The summed E-state index contributed by atoms with van der Waals surface area (Å²) in [4.78, 5) is 0. The molecular weight excluding hydrogens is 402 g/mol. The van der Waals surface area contributed by atoms with E-state index in [-0.39, 0.29) is 24.3 Å². The number of hydrogen-bond acceptors (Lipinski definition) is 4. The molecule has 160 valence electrons. The lowest BCUT2D eigenvalue weighted by molar-refractivity contribution is -0.113. The van der Waals surface area contributed by atoms with Crippen molar-refractivity contribution in [2.24, 2.45) is 0 Å². The smallest absolute Gasteiger partial charge is 0.133 e. The summed E-state index contributed by atoms with van der Waals surface area (Å²) in [6.45, 7) is 3.82. The minimum atomic E-state index is -0.710. The predicted molar refractivity (Wildman–Crippen MR) is 108 cm³/mol. The molecular formula is C22H27ClF2O4. The Kier molecular flexibility index (Phi) is 8.83. The van der Waals surface area contributed by atoms with E-state index in [9.17, 15) is 19.0 Å². The van der Waals surface area contributed by atoms with Gasteiger partial charge in [-0.3, -0.25) is 0 Å². The van der Waals surface area contributed by atoms with Crippen molar-refractivity contribution in [3.05, 3.63) is 63.7 Å². The SMILES string of the molecule is CC.COc1cc(F)c(Cc2cc(C3CC(O)CC(CO)O3)ccc2Cl)c(F)c1. The Morgan fingerprint density at radius 3 is 2.38 bits per heavy atom.